The molecule has 72 valence electrons. The van der Waals surface area contributed by atoms with E-state index in [2.05, 4.69) is 12.1 Å². The summed E-state index contributed by atoms with van der Waals surface area (Å²) in [4.78, 5) is 0. The fourth-order valence-electron chi connectivity index (χ4n) is 1.82. The van der Waals surface area contributed by atoms with E-state index in [1.165, 1.54) is 11.1 Å². The fraction of sp³-hybridized carbons (Fsp3) is 0.400. The summed E-state index contributed by atoms with van der Waals surface area (Å²) in [5.41, 5.74) is 8.55. The lowest BCUT2D eigenvalue weighted by atomic mass is 10.1. The Kier molecular flexibility index (Phi) is 3.31. The van der Waals surface area contributed by atoms with Crippen LogP contribution in [0.4, 0.5) is 0 Å². The van der Waals surface area contributed by atoms with Gasteiger partial charge in [-0.3, -0.25) is 0 Å². The van der Waals surface area contributed by atoms with Crippen LogP contribution in [0.1, 0.15) is 17.2 Å². The molecule has 0 aromatic heterocycles. The number of benzene rings is 1. The topological polar surface area (TPSA) is 35.2 Å². The molecular formula is C10H14ClNO. The van der Waals surface area contributed by atoms with E-state index in [1.807, 2.05) is 12.1 Å². The van der Waals surface area contributed by atoms with E-state index in [-0.39, 0.29) is 24.6 Å². The van der Waals surface area contributed by atoms with Crippen LogP contribution >= 0.6 is 12.4 Å². The van der Waals surface area contributed by atoms with Crippen LogP contribution in [0.25, 0.3) is 0 Å². The van der Waals surface area contributed by atoms with E-state index < -0.39 is 0 Å². The third kappa shape index (κ3) is 1.70. The maximum absolute atomic E-state index is 5.98. The van der Waals surface area contributed by atoms with E-state index in [0.717, 1.165) is 6.42 Å². The van der Waals surface area contributed by atoms with Gasteiger partial charge in [0.05, 0.1) is 12.1 Å². The zero-order chi connectivity index (χ0) is 8.55. The van der Waals surface area contributed by atoms with Crippen LogP contribution in [0.3, 0.4) is 0 Å². The normalized spacial score (nSPS) is 25.1. The Balaban J connectivity index is 0.000000845. The van der Waals surface area contributed by atoms with Crippen molar-refractivity contribution in [1.82, 2.24) is 0 Å². The van der Waals surface area contributed by atoms with Crippen molar-refractivity contribution in [3.63, 3.8) is 0 Å². The number of halogens is 1. The highest BCUT2D eigenvalue weighted by Gasteiger charge is 2.28. The van der Waals surface area contributed by atoms with Gasteiger partial charge in [-0.1, -0.05) is 24.3 Å². The van der Waals surface area contributed by atoms with E-state index in [1.54, 1.807) is 7.11 Å². The molecule has 2 N–H and O–H groups in total. The Bertz CT molecular complexity index is 290. The van der Waals surface area contributed by atoms with Gasteiger partial charge >= 0.3 is 0 Å². The van der Waals surface area contributed by atoms with Crippen LogP contribution in [-0.4, -0.2) is 13.2 Å². The van der Waals surface area contributed by atoms with Gasteiger partial charge in [-0.05, 0) is 11.1 Å². The van der Waals surface area contributed by atoms with Crippen LogP contribution in [0, 0.1) is 0 Å². The quantitative estimate of drug-likeness (QED) is 0.747. The molecule has 1 aliphatic rings. The first-order chi connectivity index (χ1) is 5.83. The lowest BCUT2D eigenvalue weighted by Gasteiger charge is -2.13. The second-order valence-electron chi connectivity index (χ2n) is 3.20. The minimum absolute atomic E-state index is 0. The Morgan fingerprint density at radius 3 is 2.69 bits per heavy atom. The zero-order valence-corrected chi connectivity index (χ0v) is 8.38. The molecule has 0 aliphatic heterocycles. The third-order valence-electron chi connectivity index (χ3n) is 2.54. The average molecular weight is 200 g/mol. The summed E-state index contributed by atoms with van der Waals surface area (Å²) in [5.74, 6) is 0. The predicted molar refractivity (Wildman–Crippen MR) is 55.1 cm³/mol. The largest absolute Gasteiger partial charge is 0.379 e. The lowest BCUT2D eigenvalue weighted by molar-refractivity contribution is 0.0907. The smallest absolute Gasteiger partial charge is 0.0804 e. The summed E-state index contributed by atoms with van der Waals surface area (Å²) >= 11 is 0. The fourth-order valence-corrected chi connectivity index (χ4v) is 1.82. The van der Waals surface area contributed by atoms with Gasteiger partial charge in [-0.25, -0.2) is 0 Å². The van der Waals surface area contributed by atoms with Crippen LogP contribution in [0.15, 0.2) is 24.3 Å². The van der Waals surface area contributed by atoms with E-state index in [4.69, 9.17) is 10.5 Å². The molecule has 0 fully saturated rings. The molecule has 0 saturated carbocycles. The average Bonchev–Trinajstić information content (AvgIpc) is 2.44. The van der Waals surface area contributed by atoms with Gasteiger partial charge in [0.2, 0.25) is 0 Å². The Labute approximate surface area is 84.5 Å². The molecule has 2 atom stereocenters. The number of ether oxygens (including phenoxy) is 1. The third-order valence-corrected chi connectivity index (χ3v) is 2.54. The standard InChI is InChI=1S/C10H13NO.ClH/c1-12-9-6-7-4-2-3-5-8(7)10(9)11;/h2-5,9-10H,6,11H2,1H3;1H/t9-,10+;/m0./s1. The van der Waals surface area contributed by atoms with E-state index in [9.17, 15) is 0 Å². The number of nitrogens with two attached hydrogens (primary N) is 1. The first kappa shape index (κ1) is 10.5. The number of hydrogen-bond donors (Lipinski definition) is 1. The van der Waals surface area contributed by atoms with Crippen molar-refractivity contribution in [2.75, 3.05) is 7.11 Å². The zero-order valence-electron chi connectivity index (χ0n) is 7.57. The van der Waals surface area contributed by atoms with Crippen molar-refractivity contribution < 1.29 is 4.74 Å². The van der Waals surface area contributed by atoms with Crippen LogP contribution in [0.5, 0.6) is 0 Å². The molecule has 1 aromatic rings. The second-order valence-corrected chi connectivity index (χ2v) is 3.20. The van der Waals surface area contributed by atoms with Gasteiger partial charge < -0.3 is 10.5 Å². The number of methoxy groups -OCH3 is 1. The molecule has 0 spiro atoms. The Morgan fingerprint density at radius 1 is 1.38 bits per heavy atom. The molecule has 2 nitrogen and oxygen atoms in total. The van der Waals surface area contributed by atoms with Crippen molar-refractivity contribution in [3.8, 4) is 0 Å². The highest BCUT2D eigenvalue weighted by molar-refractivity contribution is 5.85. The van der Waals surface area contributed by atoms with Crippen molar-refractivity contribution in [1.29, 1.82) is 0 Å². The summed E-state index contributed by atoms with van der Waals surface area (Å²) in [6, 6.07) is 8.33. The van der Waals surface area contributed by atoms with Gasteiger partial charge in [0.15, 0.2) is 0 Å². The molecule has 13 heavy (non-hydrogen) atoms. The van der Waals surface area contributed by atoms with Crippen molar-refractivity contribution >= 4 is 12.4 Å². The molecule has 1 aliphatic carbocycles. The lowest BCUT2D eigenvalue weighted by Crippen LogP contribution is -2.23. The Morgan fingerprint density at radius 2 is 2.08 bits per heavy atom. The van der Waals surface area contributed by atoms with Crippen molar-refractivity contribution in [2.45, 2.75) is 18.6 Å². The van der Waals surface area contributed by atoms with Crippen molar-refractivity contribution in [3.05, 3.63) is 35.4 Å². The Hall–Kier alpha value is -0.570. The molecular weight excluding hydrogens is 186 g/mol. The van der Waals surface area contributed by atoms with Gasteiger partial charge in [0.25, 0.3) is 0 Å². The molecule has 1 aromatic carbocycles. The number of rotatable bonds is 1. The second kappa shape index (κ2) is 4.09. The van der Waals surface area contributed by atoms with Crippen LogP contribution in [0.2, 0.25) is 0 Å². The molecule has 0 saturated heterocycles. The summed E-state index contributed by atoms with van der Waals surface area (Å²) < 4.78 is 5.28. The highest BCUT2D eigenvalue weighted by Crippen LogP contribution is 2.30. The monoisotopic (exact) mass is 199 g/mol. The highest BCUT2D eigenvalue weighted by atomic mass is 35.5. The predicted octanol–water partition coefficient (Wildman–Crippen LogP) is 1.68. The van der Waals surface area contributed by atoms with E-state index >= 15 is 0 Å². The van der Waals surface area contributed by atoms with Crippen LogP contribution < -0.4 is 5.73 Å². The summed E-state index contributed by atoms with van der Waals surface area (Å²) in [6.07, 6.45) is 1.12. The van der Waals surface area contributed by atoms with E-state index in [0.29, 0.717) is 0 Å². The summed E-state index contributed by atoms with van der Waals surface area (Å²) in [6.45, 7) is 0. The minimum atomic E-state index is 0. The van der Waals surface area contributed by atoms with Crippen molar-refractivity contribution in [2.24, 2.45) is 5.73 Å². The molecule has 0 unspecified atom stereocenters. The summed E-state index contributed by atoms with van der Waals surface area (Å²) in [7, 11) is 1.72. The molecule has 3 heteroatoms. The van der Waals surface area contributed by atoms with Gasteiger partial charge in [-0.2, -0.15) is 0 Å². The van der Waals surface area contributed by atoms with Gasteiger partial charge in [0.1, 0.15) is 0 Å². The van der Waals surface area contributed by atoms with Crippen LogP contribution in [-0.2, 0) is 11.2 Å². The van der Waals surface area contributed by atoms with Gasteiger partial charge in [-0.15, -0.1) is 12.4 Å². The number of hydrogen-bond acceptors (Lipinski definition) is 2. The minimum Gasteiger partial charge on any atom is -0.379 e. The molecule has 0 bridgehead atoms. The first-order valence-corrected chi connectivity index (χ1v) is 4.19. The molecule has 0 heterocycles. The maximum atomic E-state index is 5.98. The number of fused-ring (bicyclic) bond motifs is 1. The SMILES string of the molecule is CO[C@H]1Cc2ccccc2[C@H]1N.Cl. The maximum Gasteiger partial charge on any atom is 0.0804 e. The first-order valence-electron chi connectivity index (χ1n) is 4.19. The molecule has 0 radical (unpaired) electrons. The molecule has 2 rings (SSSR count). The summed E-state index contributed by atoms with van der Waals surface area (Å²) in [5, 5.41) is 0. The molecule has 0 amide bonds. The van der Waals surface area contributed by atoms with Gasteiger partial charge in [0, 0.05) is 13.5 Å².